The highest BCUT2D eigenvalue weighted by Gasteiger charge is 2.00. The first-order chi connectivity index (χ1) is 10.6. The van der Waals surface area contributed by atoms with Gasteiger partial charge >= 0.3 is 0 Å². The fourth-order valence-corrected chi connectivity index (χ4v) is 0.969. The molecular formula is C13H13N5O4. The first-order valence-electron chi connectivity index (χ1n) is 5.99. The molecule has 0 radical (unpaired) electrons. The summed E-state index contributed by atoms with van der Waals surface area (Å²) in [6, 6.07) is 1.78. The van der Waals surface area contributed by atoms with Gasteiger partial charge in [-0.3, -0.25) is 9.59 Å². The van der Waals surface area contributed by atoms with Crippen LogP contribution in [0.25, 0.3) is 0 Å². The third-order valence-electron chi connectivity index (χ3n) is 1.93. The topological polar surface area (TPSA) is 125 Å². The summed E-state index contributed by atoms with van der Waals surface area (Å²) >= 11 is 0. The van der Waals surface area contributed by atoms with Crippen LogP contribution >= 0.6 is 0 Å². The van der Waals surface area contributed by atoms with Crippen molar-refractivity contribution in [3.63, 3.8) is 0 Å². The minimum atomic E-state index is -0.144. The van der Waals surface area contributed by atoms with Gasteiger partial charge in [-0.15, -0.1) is 5.10 Å². The second kappa shape index (κ2) is 9.64. The van der Waals surface area contributed by atoms with Crippen molar-refractivity contribution in [3.05, 3.63) is 55.1 Å². The average molecular weight is 303 g/mol. The van der Waals surface area contributed by atoms with Crippen molar-refractivity contribution < 1.29 is 18.5 Å². The van der Waals surface area contributed by atoms with Crippen LogP contribution in [0.2, 0.25) is 0 Å². The molecule has 3 rings (SSSR count). The largest absolute Gasteiger partial charge is 0.442 e. The van der Waals surface area contributed by atoms with E-state index in [4.69, 9.17) is 0 Å². The number of carbonyl (C=O) groups excluding carboxylic acids is 2. The Labute approximate surface area is 125 Å². The molecule has 0 fully saturated rings. The van der Waals surface area contributed by atoms with Crippen LogP contribution in [0.4, 0.5) is 0 Å². The van der Waals surface area contributed by atoms with Gasteiger partial charge in [0.1, 0.15) is 12.6 Å². The lowest BCUT2D eigenvalue weighted by Gasteiger charge is -1.78. The van der Waals surface area contributed by atoms with E-state index in [0.29, 0.717) is 0 Å². The molecule has 0 saturated carbocycles. The fraction of sp³-hybridized carbons (Fsp3) is 0.154. The van der Waals surface area contributed by atoms with E-state index in [9.17, 15) is 9.59 Å². The number of oxazole rings is 1. The van der Waals surface area contributed by atoms with Crippen LogP contribution in [0, 0.1) is 0 Å². The third-order valence-corrected chi connectivity index (χ3v) is 1.93. The van der Waals surface area contributed by atoms with Crippen LogP contribution in [-0.2, 0) is 0 Å². The monoisotopic (exact) mass is 303 g/mol. The lowest BCUT2D eigenvalue weighted by atomic mass is 10.4. The molecule has 22 heavy (non-hydrogen) atoms. The van der Waals surface area contributed by atoms with Crippen LogP contribution in [0.5, 0.6) is 0 Å². The van der Waals surface area contributed by atoms with Gasteiger partial charge < -0.3 is 8.94 Å². The van der Waals surface area contributed by atoms with E-state index in [-0.39, 0.29) is 23.2 Å². The minimum Gasteiger partial charge on any atom is -0.442 e. The Balaban J connectivity index is 0.000000167. The third kappa shape index (κ3) is 6.80. The van der Waals surface area contributed by atoms with Crippen LogP contribution in [0.1, 0.15) is 35.0 Å². The molecule has 0 saturated heterocycles. The molecule has 0 unspecified atom stereocenters. The van der Waals surface area contributed by atoms with Gasteiger partial charge in [-0.1, -0.05) is 0 Å². The molecule has 0 bridgehead atoms. The molecule has 114 valence electrons. The average Bonchev–Trinajstić information content (AvgIpc) is 3.24. The number of Topliss-reactive ketones (excluding diaryl/α,β-unsaturated/α-hetero) is 2. The maximum absolute atomic E-state index is 10.4. The molecule has 3 aromatic rings. The van der Waals surface area contributed by atoms with Gasteiger partial charge in [0.2, 0.25) is 5.78 Å². The van der Waals surface area contributed by atoms with Crippen molar-refractivity contribution in [3.8, 4) is 0 Å². The van der Waals surface area contributed by atoms with Gasteiger partial charge in [0, 0.05) is 31.5 Å². The molecule has 0 amide bonds. The number of carbonyl (C=O) groups is 2. The van der Waals surface area contributed by atoms with Crippen LogP contribution in [0.3, 0.4) is 0 Å². The zero-order valence-corrected chi connectivity index (χ0v) is 11.9. The summed E-state index contributed by atoms with van der Waals surface area (Å²) < 4.78 is 8.93. The van der Waals surface area contributed by atoms with Crippen molar-refractivity contribution in [2.24, 2.45) is 0 Å². The summed E-state index contributed by atoms with van der Waals surface area (Å²) in [5.41, 5.74) is 0.269. The summed E-state index contributed by atoms with van der Waals surface area (Å²) in [5, 5.41) is 6.45. The molecule has 9 heteroatoms. The highest BCUT2D eigenvalue weighted by molar-refractivity contribution is 5.91. The molecule has 0 aliphatic carbocycles. The van der Waals surface area contributed by atoms with Crippen LogP contribution < -0.4 is 0 Å². The normalized spacial score (nSPS) is 8.82. The Morgan fingerprint density at radius 1 is 1.05 bits per heavy atom. The summed E-state index contributed by atoms with van der Waals surface area (Å²) in [4.78, 5) is 31.6. The van der Waals surface area contributed by atoms with E-state index in [0.717, 1.165) is 0 Å². The van der Waals surface area contributed by atoms with Gasteiger partial charge in [0.25, 0.3) is 5.89 Å². The van der Waals surface area contributed by atoms with Gasteiger partial charge in [-0.25, -0.2) is 15.0 Å². The van der Waals surface area contributed by atoms with Crippen LogP contribution in [0.15, 0.2) is 52.5 Å². The molecule has 3 heterocycles. The number of hydrogen-bond donors (Lipinski definition) is 0. The fourth-order valence-electron chi connectivity index (χ4n) is 0.969. The van der Waals surface area contributed by atoms with Gasteiger partial charge in [-0.2, -0.15) is 0 Å². The molecule has 3 aromatic heterocycles. The zero-order valence-electron chi connectivity index (χ0n) is 11.9. The molecule has 0 aromatic carbocycles. The quantitative estimate of drug-likeness (QED) is 0.649. The standard InChI is InChI=1S/C5H5NO2.C4H4N2O2.C4H4N2/c1-4(7)5-6-2-3-8-5;1-3(7)4-2-8-6-5-4;1-2-5-4-6-3-1/h2-3H,1H3;2H,1H3;1-4H. The summed E-state index contributed by atoms with van der Waals surface area (Å²) in [6.45, 7) is 2.81. The molecule has 0 spiro atoms. The van der Waals surface area contributed by atoms with Crippen LogP contribution in [-0.4, -0.2) is 36.9 Å². The van der Waals surface area contributed by atoms with Gasteiger partial charge in [0.05, 0.1) is 6.20 Å². The first kappa shape index (κ1) is 16.8. The number of nitrogens with zero attached hydrogens (tertiary/aromatic N) is 5. The highest BCUT2D eigenvalue weighted by Crippen LogP contribution is 1.93. The van der Waals surface area contributed by atoms with Crippen molar-refractivity contribution in [1.29, 1.82) is 0 Å². The maximum Gasteiger partial charge on any atom is 0.262 e. The van der Waals surface area contributed by atoms with Gasteiger partial charge in [-0.05, 0) is 6.07 Å². The Hall–Kier alpha value is -3.23. The predicted octanol–water partition coefficient (Wildman–Crippen LogP) is 1.63. The number of ketones is 2. The summed E-state index contributed by atoms with van der Waals surface area (Å²) in [7, 11) is 0. The van der Waals surface area contributed by atoms with Gasteiger partial charge in [0.15, 0.2) is 17.7 Å². The Kier molecular flexibility index (Phi) is 7.37. The number of hydrogen-bond acceptors (Lipinski definition) is 9. The zero-order chi connectivity index (χ0) is 16.2. The SMILES string of the molecule is CC(=O)c1conn1.CC(=O)c1ncco1.c1cncnc1. The highest BCUT2D eigenvalue weighted by atomic mass is 16.5. The second-order valence-electron chi connectivity index (χ2n) is 3.64. The van der Waals surface area contributed by atoms with Crippen molar-refractivity contribution >= 4 is 11.6 Å². The van der Waals surface area contributed by atoms with Crippen molar-refractivity contribution in [1.82, 2.24) is 25.3 Å². The molecule has 0 N–H and O–H groups in total. The Morgan fingerprint density at radius 2 is 1.77 bits per heavy atom. The number of aromatic nitrogens is 5. The molecule has 0 aliphatic heterocycles. The molecule has 0 aliphatic rings. The van der Waals surface area contributed by atoms with Crippen molar-refractivity contribution in [2.45, 2.75) is 13.8 Å². The van der Waals surface area contributed by atoms with E-state index in [1.807, 2.05) is 0 Å². The summed E-state index contributed by atoms with van der Waals surface area (Å²) in [6.07, 6.45) is 8.90. The lowest BCUT2D eigenvalue weighted by molar-refractivity contribution is 0.0978. The number of rotatable bonds is 2. The van der Waals surface area contributed by atoms with E-state index in [1.54, 1.807) is 18.5 Å². The Morgan fingerprint density at radius 3 is 2.00 bits per heavy atom. The predicted molar refractivity (Wildman–Crippen MR) is 72.8 cm³/mol. The Bertz CT molecular complexity index is 582. The smallest absolute Gasteiger partial charge is 0.262 e. The maximum atomic E-state index is 10.4. The lowest BCUT2D eigenvalue weighted by Crippen LogP contribution is -1.90. The molecule has 9 nitrogen and oxygen atoms in total. The minimum absolute atomic E-state index is 0.133. The van der Waals surface area contributed by atoms with Crippen molar-refractivity contribution in [2.75, 3.05) is 0 Å². The van der Waals surface area contributed by atoms with E-state index in [2.05, 4.69) is 34.3 Å². The first-order valence-corrected chi connectivity index (χ1v) is 5.99. The molecule has 0 atom stereocenters. The summed E-state index contributed by atoms with van der Waals surface area (Å²) in [5.74, 6) is -0.105. The van der Waals surface area contributed by atoms with E-state index >= 15 is 0 Å². The van der Waals surface area contributed by atoms with E-state index < -0.39 is 0 Å². The molecular weight excluding hydrogens is 290 g/mol. The van der Waals surface area contributed by atoms with E-state index in [1.165, 1.54) is 38.9 Å². The second-order valence-corrected chi connectivity index (χ2v) is 3.64.